The molecule has 23 nitrogen and oxygen atoms in total. The molecule has 23 heteroatoms. The summed E-state index contributed by atoms with van der Waals surface area (Å²) in [5.41, 5.74) is 13.3. The highest BCUT2D eigenvalue weighted by molar-refractivity contribution is 5.87. The number of Topliss-reactive ketones (excluding diaryl/α,β-unsaturated/α-hetero) is 2. The zero-order valence-corrected chi connectivity index (χ0v) is 47.6. The molecule has 1 aromatic rings. The van der Waals surface area contributed by atoms with E-state index in [-0.39, 0.29) is 126 Å². The first-order chi connectivity index (χ1) is 38.5. The van der Waals surface area contributed by atoms with Crippen LogP contribution in [0.2, 0.25) is 0 Å². The van der Waals surface area contributed by atoms with Crippen molar-refractivity contribution >= 4 is 47.2 Å². The highest BCUT2D eigenvalue weighted by atomic mass is 16.5. The predicted octanol–water partition coefficient (Wildman–Crippen LogP) is 4.56. The van der Waals surface area contributed by atoms with E-state index < -0.39 is 36.0 Å². The number of carbonyl (C=O) groups excluding carboxylic acids is 5. The van der Waals surface area contributed by atoms with Crippen molar-refractivity contribution in [3.8, 4) is 5.75 Å². The van der Waals surface area contributed by atoms with Gasteiger partial charge in [0, 0.05) is 63.7 Å². The van der Waals surface area contributed by atoms with Crippen LogP contribution in [0, 0.1) is 0 Å². The number of nitrogens with one attached hydrogen (secondary N) is 5. The summed E-state index contributed by atoms with van der Waals surface area (Å²) in [6, 6.07) is 3.82. The van der Waals surface area contributed by atoms with Crippen LogP contribution in [0.3, 0.4) is 0 Å². The van der Waals surface area contributed by atoms with E-state index in [1.165, 1.54) is 12.1 Å². The largest absolute Gasteiger partial charge is 0.494 e. The van der Waals surface area contributed by atoms with Gasteiger partial charge in [0.25, 0.3) is 0 Å². The minimum absolute atomic E-state index is 0.00808. The molecule has 0 aliphatic rings. The fraction of sp³-hybridized carbons (Fsp3) is 0.719. The van der Waals surface area contributed by atoms with Crippen LogP contribution in [0.25, 0.3) is 0 Å². The molecule has 0 aliphatic carbocycles. The lowest BCUT2D eigenvalue weighted by atomic mass is 10.0. The molecule has 0 saturated heterocycles. The van der Waals surface area contributed by atoms with Gasteiger partial charge in [0.15, 0.2) is 5.78 Å². The molecule has 0 radical (unpaired) electrons. The SMILES string of the molecule is C=C(NCCCC[C@H](NC)C(=O)O)[C@@H](N)CCCCNC(=O)[C@@H](N)CCCCCC(=O)COCCOCCNC(=O)COCCOCCCC(=O)CC[C@H](NC(=O)CCCCCCCCCCOc1ccc(C(=O)O)cc1)C(=O)O. The van der Waals surface area contributed by atoms with Gasteiger partial charge in [-0.15, -0.1) is 0 Å². The summed E-state index contributed by atoms with van der Waals surface area (Å²) in [4.78, 5) is 95.1. The second-order valence-corrected chi connectivity index (χ2v) is 19.8. The van der Waals surface area contributed by atoms with E-state index in [1.807, 2.05) is 0 Å². The van der Waals surface area contributed by atoms with Gasteiger partial charge in [-0.05, 0) is 108 Å². The lowest BCUT2D eigenvalue weighted by Gasteiger charge is -2.17. The van der Waals surface area contributed by atoms with Gasteiger partial charge in [0.05, 0.1) is 51.2 Å². The monoisotopic (exact) mass is 1140 g/mol. The number of carbonyl (C=O) groups is 8. The fourth-order valence-electron chi connectivity index (χ4n) is 8.08. The highest BCUT2D eigenvalue weighted by Gasteiger charge is 2.21. The number of hydrogen-bond acceptors (Lipinski definition) is 17. The third-order valence-corrected chi connectivity index (χ3v) is 13.0. The van der Waals surface area contributed by atoms with Gasteiger partial charge in [-0.1, -0.05) is 57.9 Å². The van der Waals surface area contributed by atoms with Crippen molar-refractivity contribution in [2.24, 2.45) is 11.5 Å². The number of hydrogen-bond donors (Lipinski definition) is 10. The Morgan fingerprint density at radius 1 is 0.487 bits per heavy atom. The van der Waals surface area contributed by atoms with Crippen molar-refractivity contribution in [3.63, 3.8) is 0 Å². The molecule has 1 rings (SSSR count). The lowest BCUT2D eigenvalue weighted by Crippen LogP contribution is -2.41. The molecule has 1 aromatic carbocycles. The molecule has 80 heavy (non-hydrogen) atoms. The van der Waals surface area contributed by atoms with Crippen LogP contribution in [0.4, 0.5) is 0 Å². The smallest absolute Gasteiger partial charge is 0.335 e. The van der Waals surface area contributed by atoms with Gasteiger partial charge < -0.3 is 77.1 Å². The summed E-state index contributed by atoms with van der Waals surface area (Å²) >= 11 is 0. The first-order valence-electron chi connectivity index (χ1n) is 28.7. The predicted molar refractivity (Wildman–Crippen MR) is 302 cm³/mol. The summed E-state index contributed by atoms with van der Waals surface area (Å²) in [6.07, 6.45) is 15.9. The number of carboxylic acid groups (broad SMARTS) is 3. The normalized spacial score (nSPS) is 12.6. The minimum Gasteiger partial charge on any atom is -0.494 e. The van der Waals surface area contributed by atoms with E-state index in [2.05, 4.69) is 33.2 Å². The second kappa shape index (κ2) is 48.2. The Balaban J connectivity index is 1.92. The number of rotatable bonds is 56. The van der Waals surface area contributed by atoms with Gasteiger partial charge in [0.1, 0.15) is 36.8 Å². The van der Waals surface area contributed by atoms with Crippen LogP contribution < -0.4 is 42.8 Å². The first-order valence-corrected chi connectivity index (χ1v) is 28.7. The molecule has 0 fully saturated rings. The Hall–Kier alpha value is -5.56. The number of ketones is 2. The van der Waals surface area contributed by atoms with Crippen LogP contribution >= 0.6 is 0 Å². The number of unbranched alkanes of at least 4 members (excludes halogenated alkanes) is 11. The number of carboxylic acids is 3. The average molecular weight is 1140 g/mol. The molecule has 12 N–H and O–H groups in total. The Morgan fingerprint density at radius 3 is 1.70 bits per heavy atom. The molecule has 0 bridgehead atoms. The van der Waals surface area contributed by atoms with Crippen molar-refractivity contribution in [1.29, 1.82) is 0 Å². The van der Waals surface area contributed by atoms with E-state index in [0.717, 1.165) is 89.2 Å². The number of aromatic carboxylic acids is 1. The summed E-state index contributed by atoms with van der Waals surface area (Å²) in [5.74, 6) is -3.38. The van der Waals surface area contributed by atoms with Crippen molar-refractivity contribution in [2.45, 2.75) is 178 Å². The Labute approximate surface area is 473 Å². The molecule has 456 valence electrons. The Bertz CT molecular complexity index is 1910. The molecule has 4 atom stereocenters. The van der Waals surface area contributed by atoms with Crippen molar-refractivity contribution < 1.29 is 77.4 Å². The Morgan fingerprint density at radius 2 is 1.04 bits per heavy atom. The topological polar surface area (TPSA) is 356 Å². The fourth-order valence-corrected chi connectivity index (χ4v) is 8.08. The highest BCUT2D eigenvalue weighted by Crippen LogP contribution is 2.15. The molecule has 3 amide bonds. The van der Waals surface area contributed by atoms with E-state index in [0.29, 0.717) is 70.4 Å². The molecule has 0 saturated carbocycles. The van der Waals surface area contributed by atoms with Crippen molar-refractivity contribution in [1.82, 2.24) is 26.6 Å². The maximum atomic E-state index is 12.4. The van der Waals surface area contributed by atoms with Crippen LogP contribution in [0.15, 0.2) is 36.5 Å². The molecule has 0 aromatic heterocycles. The number of ether oxygens (including phenoxy) is 5. The van der Waals surface area contributed by atoms with E-state index in [9.17, 15) is 43.5 Å². The molecule has 0 unspecified atom stereocenters. The van der Waals surface area contributed by atoms with E-state index in [4.69, 9.17) is 45.4 Å². The van der Waals surface area contributed by atoms with Gasteiger partial charge in [-0.2, -0.15) is 0 Å². The van der Waals surface area contributed by atoms with E-state index in [1.54, 1.807) is 19.2 Å². The number of amides is 3. The van der Waals surface area contributed by atoms with Gasteiger partial charge >= 0.3 is 17.9 Å². The molecule has 0 spiro atoms. The van der Waals surface area contributed by atoms with Crippen LogP contribution in [-0.2, 0) is 52.5 Å². The summed E-state index contributed by atoms with van der Waals surface area (Å²) in [5, 5.41) is 41.7. The van der Waals surface area contributed by atoms with Crippen LogP contribution in [0.5, 0.6) is 5.75 Å². The quantitative estimate of drug-likeness (QED) is 0.0400. The minimum atomic E-state index is -1.18. The summed E-state index contributed by atoms with van der Waals surface area (Å²) in [7, 11) is 1.64. The molecular formula is C57H97N7O16. The third kappa shape index (κ3) is 40.6. The number of benzene rings is 1. The maximum Gasteiger partial charge on any atom is 0.335 e. The van der Waals surface area contributed by atoms with Crippen LogP contribution in [-0.4, -0.2) is 173 Å². The van der Waals surface area contributed by atoms with Gasteiger partial charge in [-0.3, -0.25) is 28.8 Å². The number of aliphatic carboxylic acids is 2. The maximum absolute atomic E-state index is 12.4. The molecule has 0 aliphatic heterocycles. The zero-order valence-electron chi connectivity index (χ0n) is 47.6. The summed E-state index contributed by atoms with van der Waals surface area (Å²) < 4.78 is 27.3. The van der Waals surface area contributed by atoms with Gasteiger partial charge in [0.2, 0.25) is 17.7 Å². The second-order valence-electron chi connectivity index (χ2n) is 19.8. The lowest BCUT2D eigenvalue weighted by molar-refractivity contribution is -0.142. The van der Waals surface area contributed by atoms with Crippen molar-refractivity contribution in [3.05, 3.63) is 42.1 Å². The number of nitrogens with two attached hydrogens (primary N) is 2. The molecule has 0 heterocycles. The number of likely N-dealkylation sites (N-methyl/N-ethyl adjacent to an activating group) is 1. The van der Waals surface area contributed by atoms with Crippen LogP contribution in [0.1, 0.15) is 164 Å². The van der Waals surface area contributed by atoms with Gasteiger partial charge in [-0.25, -0.2) is 9.59 Å². The van der Waals surface area contributed by atoms with E-state index >= 15 is 0 Å². The first kappa shape index (κ1) is 72.5. The standard InChI is InChI=1S/C57H97N7O16/c1-43(61-31-16-14-23-50(60-2)56(72)73)48(58)21-13-15-32-63-54(69)49(59)22-11-9-10-19-46(66)41-78-39-38-77-36-33-62-53(68)42-79-40-37-76-34-18-20-45(65)27-30-51(57(74)75)64-52(67)24-12-7-5-3-4-6-8-17-35-80-47-28-25-44(26-29-47)55(70)71/h25-26,28-29,48-51,60-61H,1,3-24,27,30-42,58-59H2,2H3,(H,62,68)(H,63,69)(H,64,67)(H,70,71)(H,72,73)(H,74,75)/t48-,49-,50-,51-/m0/s1. The summed E-state index contributed by atoms with van der Waals surface area (Å²) in [6.45, 7) is 7.24. The third-order valence-electron chi connectivity index (χ3n) is 13.0. The zero-order chi connectivity index (χ0) is 59.0. The Kier molecular flexibility index (Phi) is 43.6. The molecular weight excluding hydrogens is 1040 g/mol. The van der Waals surface area contributed by atoms with Crippen molar-refractivity contribution in [2.75, 3.05) is 86.1 Å². The average Bonchev–Trinajstić information content (AvgIpc) is 3.43.